The number of allylic oxidation sites excluding steroid dienone is 5. The van der Waals surface area contributed by atoms with Gasteiger partial charge in [0.2, 0.25) is 0 Å². The van der Waals surface area contributed by atoms with Crippen molar-refractivity contribution in [3.8, 4) is 0 Å². The number of rotatable bonds is 34. The first-order chi connectivity index (χ1) is 22.5. The van der Waals surface area contributed by atoms with Gasteiger partial charge in [0.05, 0.1) is 12.7 Å². The predicted octanol–water partition coefficient (Wildman–Crippen LogP) is 10.6. The minimum Gasteiger partial charge on any atom is -0.462 e. The fourth-order valence-corrected chi connectivity index (χ4v) is 5.38. The quantitative estimate of drug-likeness (QED) is 0.0312. The molecule has 0 bridgehead atoms. The number of aliphatic hydroxyl groups is 2. The van der Waals surface area contributed by atoms with E-state index < -0.39 is 12.2 Å². The molecule has 0 aliphatic heterocycles. The summed E-state index contributed by atoms with van der Waals surface area (Å²) in [5, 5.41) is 19.6. The number of aliphatic hydroxyl groups excluding tert-OH is 2. The van der Waals surface area contributed by atoms with Crippen molar-refractivity contribution in [3.05, 3.63) is 36.5 Å². The zero-order valence-electron chi connectivity index (χ0n) is 29.9. The molecule has 0 heterocycles. The maximum Gasteiger partial charge on any atom is 0.306 e. The first kappa shape index (κ1) is 44.1. The first-order valence-electron chi connectivity index (χ1n) is 19.2. The van der Waals surface area contributed by atoms with E-state index >= 15 is 0 Å². The van der Waals surface area contributed by atoms with Gasteiger partial charge in [-0.05, 0) is 32.1 Å². The van der Waals surface area contributed by atoms with Crippen LogP contribution in [-0.2, 0) is 19.1 Å². The second-order valence-corrected chi connectivity index (χ2v) is 12.8. The summed E-state index contributed by atoms with van der Waals surface area (Å²) in [6.07, 6.45) is 39.4. The number of carbonyl (C=O) groups is 2. The van der Waals surface area contributed by atoms with Gasteiger partial charge in [-0.25, -0.2) is 0 Å². The van der Waals surface area contributed by atoms with Crippen molar-refractivity contribution < 1.29 is 29.3 Å². The topological polar surface area (TPSA) is 93.1 Å². The lowest BCUT2D eigenvalue weighted by Crippen LogP contribution is -2.28. The van der Waals surface area contributed by atoms with Crippen LogP contribution in [0.4, 0.5) is 0 Å². The highest BCUT2D eigenvalue weighted by Crippen LogP contribution is 2.15. The predicted molar refractivity (Wildman–Crippen MR) is 193 cm³/mol. The van der Waals surface area contributed by atoms with Crippen LogP contribution >= 0.6 is 0 Å². The summed E-state index contributed by atoms with van der Waals surface area (Å²) in [6.45, 7) is 3.93. The maximum absolute atomic E-state index is 12.2. The number of hydrogen-bond donors (Lipinski definition) is 2. The molecule has 0 aromatic carbocycles. The van der Waals surface area contributed by atoms with Crippen LogP contribution in [0.3, 0.4) is 0 Å². The monoisotopic (exact) mass is 649 g/mol. The number of unbranched alkanes of at least 4 members (excludes halogenated alkanes) is 19. The van der Waals surface area contributed by atoms with Gasteiger partial charge in [-0.1, -0.05) is 172 Å². The molecule has 0 saturated heterocycles. The Hall–Kier alpha value is -1.92. The standard InChI is InChI=1S/C40H72O6/c1-3-5-7-9-11-12-13-14-15-16-17-18-19-21-25-30-34-40(44)46-38(35-41)36-45-39(43)33-29-26-22-24-28-32-37(42)31-27-23-20-10-8-6-4-2/h6,8,20,23,27,31,37-38,41-42H,3-5,7,9-19,21-22,24-26,28-30,32-36H2,1-2H3/b8-6+,23-20+,31-27+/t37?,38-/m0/s1. The minimum absolute atomic E-state index is 0.101. The molecule has 0 amide bonds. The van der Waals surface area contributed by atoms with Gasteiger partial charge in [0, 0.05) is 12.8 Å². The molecule has 2 N–H and O–H groups in total. The molecule has 0 fully saturated rings. The van der Waals surface area contributed by atoms with Gasteiger partial charge < -0.3 is 19.7 Å². The molecule has 268 valence electrons. The van der Waals surface area contributed by atoms with Crippen molar-refractivity contribution >= 4 is 11.9 Å². The third-order valence-electron chi connectivity index (χ3n) is 8.30. The third-order valence-corrected chi connectivity index (χ3v) is 8.30. The summed E-state index contributed by atoms with van der Waals surface area (Å²) >= 11 is 0. The molecule has 0 aromatic rings. The molecule has 1 unspecified atom stereocenters. The number of carbonyl (C=O) groups excluding carboxylic acids is 2. The lowest BCUT2D eigenvalue weighted by atomic mass is 10.0. The third kappa shape index (κ3) is 33.4. The van der Waals surface area contributed by atoms with E-state index in [9.17, 15) is 19.8 Å². The van der Waals surface area contributed by atoms with Gasteiger partial charge in [0.1, 0.15) is 6.61 Å². The Kier molecular flexibility index (Phi) is 34.4. The summed E-state index contributed by atoms with van der Waals surface area (Å²) in [6, 6.07) is 0. The fraction of sp³-hybridized carbons (Fsp3) is 0.800. The van der Waals surface area contributed by atoms with Crippen molar-refractivity contribution in [2.24, 2.45) is 0 Å². The second-order valence-electron chi connectivity index (χ2n) is 12.8. The molecule has 0 aromatic heterocycles. The molecule has 6 nitrogen and oxygen atoms in total. The van der Waals surface area contributed by atoms with Gasteiger partial charge in [-0.2, -0.15) is 0 Å². The van der Waals surface area contributed by atoms with Crippen LogP contribution in [0.2, 0.25) is 0 Å². The summed E-state index contributed by atoms with van der Waals surface area (Å²) in [5.74, 6) is -0.663. The van der Waals surface area contributed by atoms with Gasteiger partial charge in [-0.15, -0.1) is 0 Å². The fourth-order valence-electron chi connectivity index (χ4n) is 5.38. The molecule has 0 aliphatic carbocycles. The van der Waals surface area contributed by atoms with E-state index in [0.29, 0.717) is 12.8 Å². The molecule has 0 radical (unpaired) electrons. The molecule has 46 heavy (non-hydrogen) atoms. The van der Waals surface area contributed by atoms with Crippen molar-refractivity contribution in [1.29, 1.82) is 0 Å². The smallest absolute Gasteiger partial charge is 0.306 e. The minimum atomic E-state index is -0.800. The van der Waals surface area contributed by atoms with Crippen LogP contribution in [-0.4, -0.2) is 47.6 Å². The summed E-state index contributed by atoms with van der Waals surface area (Å²) in [5.41, 5.74) is 0. The van der Waals surface area contributed by atoms with Gasteiger partial charge in [0.15, 0.2) is 6.10 Å². The van der Waals surface area contributed by atoms with Crippen molar-refractivity contribution in [2.45, 2.75) is 193 Å². The lowest BCUT2D eigenvalue weighted by Gasteiger charge is -2.15. The second kappa shape index (κ2) is 35.9. The van der Waals surface area contributed by atoms with Crippen molar-refractivity contribution in [3.63, 3.8) is 0 Å². The highest BCUT2D eigenvalue weighted by atomic mass is 16.6. The van der Waals surface area contributed by atoms with Crippen LogP contribution in [0.1, 0.15) is 181 Å². The zero-order chi connectivity index (χ0) is 33.8. The number of hydrogen-bond acceptors (Lipinski definition) is 6. The van der Waals surface area contributed by atoms with E-state index in [0.717, 1.165) is 70.6 Å². The average Bonchev–Trinajstić information content (AvgIpc) is 3.05. The summed E-state index contributed by atoms with van der Waals surface area (Å²) in [4.78, 5) is 24.2. The first-order valence-corrected chi connectivity index (χ1v) is 19.2. The van der Waals surface area contributed by atoms with E-state index in [-0.39, 0.29) is 25.2 Å². The zero-order valence-corrected chi connectivity index (χ0v) is 29.9. The molecule has 2 atom stereocenters. The Morgan fingerprint density at radius 3 is 1.63 bits per heavy atom. The molecule has 6 heteroatoms. The summed E-state index contributed by atoms with van der Waals surface area (Å²) < 4.78 is 10.6. The number of esters is 2. The number of ether oxygens (including phenoxy) is 2. The summed E-state index contributed by atoms with van der Waals surface area (Å²) in [7, 11) is 0. The average molecular weight is 649 g/mol. The highest BCUT2D eigenvalue weighted by molar-refractivity contribution is 5.70. The van der Waals surface area contributed by atoms with Crippen LogP contribution < -0.4 is 0 Å². The Morgan fingerprint density at radius 1 is 0.609 bits per heavy atom. The highest BCUT2D eigenvalue weighted by Gasteiger charge is 2.16. The van der Waals surface area contributed by atoms with Crippen LogP contribution in [0.15, 0.2) is 36.5 Å². The van der Waals surface area contributed by atoms with E-state index in [1.165, 1.54) is 83.5 Å². The Morgan fingerprint density at radius 2 is 1.11 bits per heavy atom. The normalized spacial score (nSPS) is 13.2. The Bertz CT molecular complexity index is 759. The lowest BCUT2D eigenvalue weighted by molar-refractivity contribution is -0.161. The van der Waals surface area contributed by atoms with Crippen LogP contribution in [0.5, 0.6) is 0 Å². The van der Waals surface area contributed by atoms with Gasteiger partial charge in [-0.3, -0.25) is 9.59 Å². The largest absolute Gasteiger partial charge is 0.462 e. The van der Waals surface area contributed by atoms with Crippen LogP contribution in [0.25, 0.3) is 0 Å². The molecular weight excluding hydrogens is 576 g/mol. The maximum atomic E-state index is 12.2. The molecule has 0 spiro atoms. The molecule has 0 rings (SSSR count). The Balaban J connectivity index is 3.63. The van der Waals surface area contributed by atoms with E-state index in [1.807, 2.05) is 18.2 Å². The molecular formula is C40H72O6. The van der Waals surface area contributed by atoms with E-state index in [4.69, 9.17) is 9.47 Å². The van der Waals surface area contributed by atoms with E-state index in [2.05, 4.69) is 32.1 Å². The molecule has 0 aliphatic rings. The van der Waals surface area contributed by atoms with Gasteiger partial charge in [0.25, 0.3) is 0 Å². The van der Waals surface area contributed by atoms with E-state index in [1.54, 1.807) is 0 Å². The Labute approximate surface area is 283 Å². The SMILES string of the molecule is CC/C=C/C/C=C/C=C/C(O)CCCCCCCC(=O)OC[C@H](CO)OC(=O)CCCCCCCCCCCCCCCCCC. The van der Waals surface area contributed by atoms with Crippen molar-refractivity contribution in [1.82, 2.24) is 0 Å². The van der Waals surface area contributed by atoms with Gasteiger partial charge >= 0.3 is 11.9 Å². The molecule has 0 saturated carbocycles. The van der Waals surface area contributed by atoms with Crippen LogP contribution in [0, 0.1) is 0 Å². The van der Waals surface area contributed by atoms with Crippen molar-refractivity contribution in [2.75, 3.05) is 13.2 Å².